The van der Waals surface area contributed by atoms with Crippen LogP contribution in [0.5, 0.6) is 5.75 Å². The molecule has 0 N–H and O–H groups in total. The van der Waals surface area contributed by atoms with Crippen molar-refractivity contribution in [3.63, 3.8) is 0 Å². The molecule has 6 nitrogen and oxygen atoms in total. The predicted octanol–water partition coefficient (Wildman–Crippen LogP) is 9.04. The third kappa shape index (κ3) is 5.35. The van der Waals surface area contributed by atoms with Gasteiger partial charge in [0.1, 0.15) is 11.3 Å². The van der Waals surface area contributed by atoms with E-state index in [-0.39, 0.29) is 0 Å². The van der Waals surface area contributed by atoms with Crippen molar-refractivity contribution in [3.05, 3.63) is 174 Å². The molecule has 2 aromatic heterocycles. The summed E-state index contributed by atoms with van der Waals surface area (Å²) in [6.45, 7) is 4.25. The lowest BCUT2D eigenvalue weighted by atomic mass is 9.77. The summed E-state index contributed by atoms with van der Waals surface area (Å²) in [5.41, 5.74) is 9.54. The van der Waals surface area contributed by atoms with Crippen molar-refractivity contribution in [2.24, 2.45) is 0 Å². The summed E-state index contributed by atoms with van der Waals surface area (Å²) < 4.78 is 7.86. The number of benzene rings is 5. The molecule has 236 valence electrons. The van der Waals surface area contributed by atoms with E-state index in [1.165, 1.54) is 0 Å². The smallest absolute Gasteiger partial charge is 0.184 e. The van der Waals surface area contributed by atoms with Crippen molar-refractivity contribution in [2.45, 2.75) is 32.2 Å². The van der Waals surface area contributed by atoms with E-state index >= 15 is 0 Å². The molecule has 0 saturated heterocycles. The fraction of sp³-hybridized carbons (Fsp3) is 0.143. The van der Waals surface area contributed by atoms with E-state index < -0.39 is 5.54 Å². The highest BCUT2D eigenvalue weighted by molar-refractivity contribution is 5.83. The van der Waals surface area contributed by atoms with Gasteiger partial charge in [-0.1, -0.05) is 153 Å². The van der Waals surface area contributed by atoms with Crippen molar-refractivity contribution in [2.75, 3.05) is 7.11 Å². The Balaban J connectivity index is 1.41. The third-order valence-electron chi connectivity index (χ3n) is 9.03. The number of rotatable bonds is 10. The van der Waals surface area contributed by atoms with Crippen molar-refractivity contribution in [3.8, 4) is 39.4 Å². The van der Waals surface area contributed by atoms with Gasteiger partial charge in [0, 0.05) is 16.8 Å². The fourth-order valence-electron chi connectivity index (χ4n) is 6.75. The van der Waals surface area contributed by atoms with Gasteiger partial charge in [-0.05, 0) is 62.7 Å². The van der Waals surface area contributed by atoms with Crippen LogP contribution in [0.2, 0.25) is 0 Å². The molecule has 7 aromatic rings. The number of hydrogen-bond donors (Lipinski definition) is 0. The van der Waals surface area contributed by atoms with E-state index in [4.69, 9.17) is 20.0 Å². The minimum absolute atomic E-state index is 0.669. The molecule has 0 aliphatic heterocycles. The zero-order chi connectivity index (χ0) is 32.9. The number of tetrazole rings is 1. The van der Waals surface area contributed by atoms with Crippen molar-refractivity contribution in [1.29, 1.82) is 0 Å². The zero-order valence-electron chi connectivity index (χ0n) is 27.4. The van der Waals surface area contributed by atoms with Gasteiger partial charge >= 0.3 is 0 Å². The van der Waals surface area contributed by atoms with Crippen LogP contribution in [0.3, 0.4) is 0 Å². The predicted molar refractivity (Wildman–Crippen MR) is 192 cm³/mol. The maximum Gasteiger partial charge on any atom is 0.184 e. The second kappa shape index (κ2) is 13.5. The summed E-state index contributed by atoms with van der Waals surface area (Å²) in [4.78, 5) is 4.82. The molecule has 5 aromatic carbocycles. The number of pyridine rings is 1. The number of hydrogen-bond acceptors (Lipinski definition) is 5. The minimum atomic E-state index is -0.842. The van der Waals surface area contributed by atoms with E-state index in [0.717, 1.165) is 74.5 Å². The van der Waals surface area contributed by atoms with E-state index in [0.29, 0.717) is 5.82 Å². The summed E-state index contributed by atoms with van der Waals surface area (Å²) in [6.07, 6.45) is 1.67. The van der Waals surface area contributed by atoms with Gasteiger partial charge in [0.25, 0.3) is 0 Å². The zero-order valence-corrected chi connectivity index (χ0v) is 27.4. The van der Waals surface area contributed by atoms with Gasteiger partial charge < -0.3 is 4.74 Å². The number of aromatic nitrogens is 5. The standard InChI is InChI=1S/C42H37N5O/c1-4-35-29-38(40(48-3)39(5-2)43-35)31-27-25-30(26-28-31)36-23-15-16-24-37(36)41-44-45-46-47(41)42(32-17-9-6-10-18-32,33-19-11-7-12-20-33)34-21-13-8-14-22-34/h6-29H,4-5H2,1-3H3. The Labute approximate surface area is 281 Å². The molecule has 0 unspecified atom stereocenters. The minimum Gasteiger partial charge on any atom is -0.494 e. The molecule has 48 heavy (non-hydrogen) atoms. The first-order valence-electron chi connectivity index (χ1n) is 16.4. The second-order valence-corrected chi connectivity index (χ2v) is 11.7. The Morgan fingerprint density at radius 2 is 1.08 bits per heavy atom. The van der Waals surface area contributed by atoms with Crippen molar-refractivity contribution in [1.82, 2.24) is 25.2 Å². The largest absolute Gasteiger partial charge is 0.494 e. The Morgan fingerprint density at radius 1 is 0.583 bits per heavy atom. The van der Waals surface area contributed by atoms with Crippen LogP contribution in [0.1, 0.15) is 41.9 Å². The number of methoxy groups -OCH3 is 1. The lowest BCUT2D eigenvalue weighted by Gasteiger charge is -2.36. The molecule has 0 aliphatic rings. The van der Waals surface area contributed by atoms with Gasteiger partial charge in [-0.2, -0.15) is 0 Å². The molecule has 0 bridgehead atoms. The van der Waals surface area contributed by atoms with E-state index in [1.54, 1.807) is 7.11 Å². The quantitative estimate of drug-likeness (QED) is 0.142. The molecular formula is C42H37N5O. The lowest BCUT2D eigenvalue weighted by molar-refractivity contribution is 0.408. The maximum absolute atomic E-state index is 5.87. The van der Waals surface area contributed by atoms with Crippen LogP contribution in [-0.2, 0) is 18.4 Å². The average molecular weight is 628 g/mol. The SMILES string of the molecule is CCc1cc(-c2ccc(-c3ccccc3-c3nnnn3C(c3ccccc3)(c3ccccc3)c3ccccc3)cc2)c(OC)c(CC)n1. The van der Waals surface area contributed by atoms with Gasteiger partial charge in [0.05, 0.1) is 12.8 Å². The summed E-state index contributed by atoms with van der Waals surface area (Å²) in [7, 11) is 1.72. The topological polar surface area (TPSA) is 65.7 Å². The summed E-state index contributed by atoms with van der Waals surface area (Å²) >= 11 is 0. The molecule has 0 spiro atoms. The molecule has 0 saturated carbocycles. The van der Waals surface area contributed by atoms with Crippen molar-refractivity contribution >= 4 is 0 Å². The Hall–Kier alpha value is -5.88. The monoisotopic (exact) mass is 627 g/mol. The normalized spacial score (nSPS) is 11.4. The van der Waals surface area contributed by atoms with Gasteiger partial charge in [-0.25, -0.2) is 4.68 Å². The van der Waals surface area contributed by atoms with E-state index in [2.05, 4.69) is 140 Å². The molecular weight excluding hydrogens is 590 g/mol. The van der Waals surface area contributed by atoms with Crippen LogP contribution < -0.4 is 4.74 Å². The molecule has 0 aliphatic carbocycles. The van der Waals surface area contributed by atoms with Crippen LogP contribution >= 0.6 is 0 Å². The molecule has 6 heteroatoms. The van der Waals surface area contributed by atoms with Crippen molar-refractivity contribution < 1.29 is 4.74 Å². The molecule has 2 heterocycles. The van der Waals surface area contributed by atoms with Crippen LogP contribution in [0.15, 0.2) is 146 Å². The average Bonchev–Trinajstić information content (AvgIpc) is 3.66. The number of aryl methyl sites for hydroxylation is 2. The summed E-state index contributed by atoms with van der Waals surface area (Å²) in [5.74, 6) is 1.50. The van der Waals surface area contributed by atoms with Gasteiger partial charge in [0.2, 0.25) is 0 Å². The van der Waals surface area contributed by atoms with Crippen LogP contribution in [0.25, 0.3) is 33.6 Å². The van der Waals surface area contributed by atoms with Crippen LogP contribution in [-0.4, -0.2) is 32.3 Å². The van der Waals surface area contributed by atoms with Crippen LogP contribution in [0, 0.1) is 0 Å². The highest BCUT2D eigenvalue weighted by atomic mass is 16.5. The summed E-state index contributed by atoms with van der Waals surface area (Å²) in [6, 6.07) is 50.6. The van der Waals surface area contributed by atoms with Crippen LogP contribution in [0.4, 0.5) is 0 Å². The lowest BCUT2D eigenvalue weighted by Crippen LogP contribution is -2.39. The molecule has 0 amide bonds. The molecule has 7 rings (SSSR count). The fourth-order valence-corrected chi connectivity index (χ4v) is 6.75. The Morgan fingerprint density at radius 3 is 1.58 bits per heavy atom. The maximum atomic E-state index is 5.87. The molecule has 0 fully saturated rings. The van der Waals surface area contributed by atoms with E-state index in [1.807, 2.05) is 28.9 Å². The second-order valence-electron chi connectivity index (χ2n) is 11.7. The Bertz CT molecular complexity index is 2030. The first-order valence-corrected chi connectivity index (χ1v) is 16.4. The van der Waals surface area contributed by atoms with Gasteiger partial charge in [-0.3, -0.25) is 4.98 Å². The molecule has 0 radical (unpaired) electrons. The first-order chi connectivity index (χ1) is 23.7. The van der Waals surface area contributed by atoms with E-state index in [9.17, 15) is 0 Å². The third-order valence-corrected chi connectivity index (χ3v) is 9.03. The summed E-state index contributed by atoms with van der Waals surface area (Å²) in [5, 5.41) is 13.8. The highest BCUT2D eigenvalue weighted by Gasteiger charge is 2.42. The van der Waals surface area contributed by atoms with Gasteiger partial charge in [-0.15, -0.1) is 5.10 Å². The Kier molecular flexibility index (Phi) is 8.63. The number of nitrogens with zero attached hydrogens (tertiary/aromatic N) is 5. The molecule has 0 atom stereocenters. The number of ether oxygens (including phenoxy) is 1. The highest BCUT2D eigenvalue weighted by Crippen LogP contribution is 2.43. The van der Waals surface area contributed by atoms with Gasteiger partial charge in [0.15, 0.2) is 5.82 Å². The first kappa shape index (κ1) is 30.8.